The molecule has 0 aliphatic rings. The molecule has 0 saturated heterocycles. The molecule has 1 amide bonds. The Labute approximate surface area is 150 Å². The van der Waals surface area contributed by atoms with Gasteiger partial charge in [-0.15, -0.1) is 0 Å². The van der Waals surface area contributed by atoms with Crippen LogP contribution in [0.3, 0.4) is 0 Å². The second kappa shape index (κ2) is 7.14. The molecule has 1 heterocycles. The van der Waals surface area contributed by atoms with Crippen molar-refractivity contribution >= 4 is 18.7 Å². The van der Waals surface area contributed by atoms with E-state index in [2.05, 4.69) is 22.5 Å². The maximum Gasteiger partial charge on any atom is 0.280 e. The van der Waals surface area contributed by atoms with Crippen molar-refractivity contribution in [2.24, 2.45) is 0 Å². The summed E-state index contributed by atoms with van der Waals surface area (Å²) in [6.45, 7) is 7.87. The van der Waals surface area contributed by atoms with Crippen molar-refractivity contribution in [2.45, 2.75) is 13.8 Å². The second-order valence-corrected chi connectivity index (χ2v) is 6.02. The number of aryl methyl sites for hydroxylation is 2. The lowest BCUT2D eigenvalue weighted by atomic mass is 10.1. The van der Waals surface area contributed by atoms with Gasteiger partial charge in [-0.3, -0.25) is 20.1 Å². The SMILES string of the molecule is C=c1[nH]n(-c2ccc(C)c(C)c2)c(=O)c1=CNNC(=O)c1ccccc1. The molecule has 6 nitrogen and oxygen atoms in total. The van der Waals surface area contributed by atoms with Crippen LogP contribution < -0.4 is 27.0 Å². The smallest absolute Gasteiger partial charge is 0.280 e. The number of aromatic nitrogens is 2. The Kier molecular flexibility index (Phi) is 4.75. The summed E-state index contributed by atoms with van der Waals surface area (Å²) in [5, 5.41) is 3.75. The zero-order valence-electron chi connectivity index (χ0n) is 14.7. The molecule has 2 aromatic carbocycles. The molecule has 0 spiro atoms. The van der Waals surface area contributed by atoms with Gasteiger partial charge in [-0.05, 0) is 49.2 Å². The van der Waals surface area contributed by atoms with Crippen LogP contribution in [-0.2, 0) is 0 Å². The Balaban J connectivity index is 1.85. The molecule has 3 rings (SSSR count). The third kappa shape index (κ3) is 3.44. The van der Waals surface area contributed by atoms with E-state index in [0.717, 1.165) is 16.8 Å². The van der Waals surface area contributed by atoms with Crippen molar-refractivity contribution in [1.29, 1.82) is 0 Å². The molecule has 26 heavy (non-hydrogen) atoms. The number of hydrazine groups is 1. The zero-order valence-corrected chi connectivity index (χ0v) is 14.7. The van der Waals surface area contributed by atoms with Gasteiger partial charge >= 0.3 is 0 Å². The summed E-state index contributed by atoms with van der Waals surface area (Å²) in [4.78, 5) is 24.6. The Morgan fingerprint density at radius 3 is 2.54 bits per heavy atom. The second-order valence-electron chi connectivity index (χ2n) is 6.02. The van der Waals surface area contributed by atoms with Crippen LogP contribution in [0.1, 0.15) is 21.5 Å². The van der Waals surface area contributed by atoms with Crippen LogP contribution in [-0.4, -0.2) is 15.7 Å². The van der Waals surface area contributed by atoms with Gasteiger partial charge in [0.05, 0.1) is 16.3 Å². The summed E-state index contributed by atoms with van der Waals surface area (Å²) < 4.78 is 1.43. The molecule has 0 aliphatic carbocycles. The third-order valence-corrected chi connectivity index (χ3v) is 4.19. The number of aromatic amines is 1. The first-order valence-electron chi connectivity index (χ1n) is 8.16. The number of nitrogens with zero attached hydrogens (tertiary/aromatic N) is 1. The van der Waals surface area contributed by atoms with E-state index in [4.69, 9.17) is 0 Å². The molecule has 6 heteroatoms. The normalized spacial score (nSPS) is 11.4. The molecular weight excluding hydrogens is 328 g/mol. The number of benzene rings is 2. The summed E-state index contributed by atoms with van der Waals surface area (Å²) in [5.74, 6) is -0.294. The van der Waals surface area contributed by atoms with E-state index in [1.165, 1.54) is 10.9 Å². The lowest BCUT2D eigenvalue weighted by Crippen LogP contribution is -2.40. The highest BCUT2D eigenvalue weighted by atomic mass is 16.2. The Morgan fingerprint density at radius 2 is 1.85 bits per heavy atom. The first kappa shape index (κ1) is 17.3. The van der Waals surface area contributed by atoms with Gasteiger partial charge in [-0.2, -0.15) is 0 Å². The summed E-state index contributed by atoms with van der Waals surface area (Å²) >= 11 is 0. The minimum Gasteiger partial charge on any atom is -0.305 e. The number of rotatable bonds is 4. The molecular formula is C20H20N4O2. The minimum absolute atomic E-state index is 0.250. The van der Waals surface area contributed by atoms with E-state index in [9.17, 15) is 9.59 Å². The molecule has 0 bridgehead atoms. The number of amides is 1. The highest BCUT2D eigenvalue weighted by molar-refractivity contribution is 5.93. The van der Waals surface area contributed by atoms with Crippen LogP contribution in [0.15, 0.2) is 53.3 Å². The fourth-order valence-electron chi connectivity index (χ4n) is 2.53. The van der Waals surface area contributed by atoms with E-state index in [-0.39, 0.29) is 11.5 Å². The van der Waals surface area contributed by atoms with Gasteiger partial charge < -0.3 is 5.43 Å². The average Bonchev–Trinajstić information content (AvgIpc) is 2.93. The van der Waals surface area contributed by atoms with Gasteiger partial charge in [-0.25, -0.2) is 4.68 Å². The summed E-state index contributed by atoms with van der Waals surface area (Å²) in [7, 11) is 0. The summed E-state index contributed by atoms with van der Waals surface area (Å²) in [6, 6.07) is 14.6. The van der Waals surface area contributed by atoms with Crippen LogP contribution in [0.4, 0.5) is 0 Å². The molecule has 0 fully saturated rings. The molecule has 0 aliphatic heterocycles. The van der Waals surface area contributed by atoms with Crippen LogP contribution in [0.25, 0.3) is 18.5 Å². The van der Waals surface area contributed by atoms with Crippen molar-refractivity contribution < 1.29 is 4.79 Å². The molecule has 3 aromatic rings. The number of carbonyl (C=O) groups excluding carboxylic acids is 1. The largest absolute Gasteiger partial charge is 0.305 e. The molecule has 0 radical (unpaired) electrons. The van der Waals surface area contributed by atoms with Gasteiger partial charge in [0, 0.05) is 11.8 Å². The van der Waals surface area contributed by atoms with Crippen LogP contribution >= 0.6 is 0 Å². The fourth-order valence-corrected chi connectivity index (χ4v) is 2.53. The molecule has 3 N–H and O–H groups in total. The van der Waals surface area contributed by atoms with Gasteiger partial charge in [0.15, 0.2) is 0 Å². The lowest BCUT2D eigenvalue weighted by Gasteiger charge is -2.05. The van der Waals surface area contributed by atoms with E-state index in [1.807, 2.05) is 38.1 Å². The Hall–Kier alpha value is -3.54. The predicted molar refractivity (Wildman–Crippen MR) is 102 cm³/mol. The van der Waals surface area contributed by atoms with Crippen molar-refractivity contribution in [3.05, 3.63) is 86.1 Å². The Morgan fingerprint density at radius 1 is 1.12 bits per heavy atom. The maximum absolute atomic E-state index is 12.6. The van der Waals surface area contributed by atoms with Crippen molar-refractivity contribution in [3.63, 3.8) is 0 Å². The van der Waals surface area contributed by atoms with Gasteiger partial charge in [-0.1, -0.05) is 30.8 Å². The van der Waals surface area contributed by atoms with Crippen molar-refractivity contribution in [3.8, 4) is 5.69 Å². The third-order valence-electron chi connectivity index (χ3n) is 4.19. The lowest BCUT2D eigenvalue weighted by molar-refractivity contribution is 0.0943. The highest BCUT2D eigenvalue weighted by Crippen LogP contribution is 2.10. The molecule has 0 atom stereocenters. The molecule has 0 unspecified atom stereocenters. The van der Waals surface area contributed by atoms with Crippen LogP contribution in [0.5, 0.6) is 0 Å². The van der Waals surface area contributed by atoms with Crippen LogP contribution in [0, 0.1) is 13.8 Å². The summed E-state index contributed by atoms with van der Waals surface area (Å²) in [6.07, 6.45) is 1.43. The number of nitrogens with one attached hydrogen (secondary N) is 3. The monoisotopic (exact) mass is 348 g/mol. The quantitative estimate of drug-likeness (QED) is 0.612. The number of carbonyl (C=O) groups is 1. The summed E-state index contributed by atoms with van der Waals surface area (Å²) in [5.41, 5.74) is 8.45. The maximum atomic E-state index is 12.6. The molecule has 132 valence electrons. The van der Waals surface area contributed by atoms with Gasteiger partial charge in [0.25, 0.3) is 11.5 Å². The molecule has 0 saturated carbocycles. The molecule has 1 aromatic heterocycles. The zero-order chi connectivity index (χ0) is 18.7. The minimum atomic E-state index is -0.294. The van der Waals surface area contributed by atoms with Crippen LogP contribution in [0.2, 0.25) is 0 Å². The standard InChI is InChI=1S/C20H20N4O2/c1-13-9-10-17(11-14(13)2)24-20(26)18(15(3)23-24)12-21-22-19(25)16-7-5-4-6-8-16/h4-12,21,23H,3H2,1-2H3,(H,22,25). The van der Waals surface area contributed by atoms with Crippen molar-refractivity contribution in [1.82, 2.24) is 20.6 Å². The predicted octanol–water partition coefficient (Wildman–Crippen LogP) is 0.865. The van der Waals surface area contributed by atoms with E-state index >= 15 is 0 Å². The number of H-pyrrole nitrogens is 1. The van der Waals surface area contributed by atoms with E-state index < -0.39 is 0 Å². The highest BCUT2D eigenvalue weighted by Gasteiger charge is 2.06. The number of hydrogen-bond donors (Lipinski definition) is 3. The first-order chi connectivity index (χ1) is 12.5. The van der Waals surface area contributed by atoms with E-state index in [0.29, 0.717) is 16.1 Å². The first-order valence-corrected chi connectivity index (χ1v) is 8.16. The fraction of sp³-hybridized carbons (Fsp3) is 0.100. The van der Waals surface area contributed by atoms with Crippen molar-refractivity contribution in [2.75, 3.05) is 0 Å². The number of hydrogen-bond acceptors (Lipinski definition) is 3. The van der Waals surface area contributed by atoms with Gasteiger partial charge in [0.1, 0.15) is 0 Å². The average molecular weight is 348 g/mol. The van der Waals surface area contributed by atoms with Gasteiger partial charge in [0.2, 0.25) is 0 Å². The van der Waals surface area contributed by atoms with E-state index in [1.54, 1.807) is 24.3 Å². The topological polar surface area (TPSA) is 78.9 Å². The Bertz CT molecular complexity index is 1110.